The van der Waals surface area contributed by atoms with Crippen molar-refractivity contribution in [2.45, 2.75) is 27.2 Å². The van der Waals surface area contributed by atoms with Gasteiger partial charge in [0.25, 0.3) is 11.8 Å². The van der Waals surface area contributed by atoms with E-state index in [4.69, 9.17) is 9.47 Å². The van der Waals surface area contributed by atoms with Crippen LogP contribution < -0.4 is 19.7 Å². The van der Waals surface area contributed by atoms with E-state index in [1.807, 2.05) is 87.5 Å². The third-order valence-corrected chi connectivity index (χ3v) is 5.39. The van der Waals surface area contributed by atoms with E-state index < -0.39 is 5.91 Å². The zero-order valence-corrected chi connectivity index (χ0v) is 19.6. The number of carbonyl (C=O) groups excluding carboxylic acids is 2. The molecule has 6 nitrogen and oxygen atoms in total. The van der Waals surface area contributed by atoms with E-state index in [2.05, 4.69) is 5.32 Å². The first-order valence-electron chi connectivity index (χ1n) is 11.4. The first kappa shape index (κ1) is 23.1. The van der Waals surface area contributed by atoms with Gasteiger partial charge in [0.1, 0.15) is 17.2 Å². The van der Waals surface area contributed by atoms with E-state index in [1.165, 1.54) is 4.90 Å². The molecule has 0 atom stereocenters. The molecule has 174 valence electrons. The lowest BCUT2D eigenvalue weighted by atomic mass is 10.0. The molecule has 1 aliphatic rings. The molecule has 0 bridgehead atoms. The molecule has 0 radical (unpaired) electrons. The smallest absolute Gasteiger partial charge is 0.282 e. The van der Waals surface area contributed by atoms with E-state index in [0.717, 1.165) is 23.5 Å². The van der Waals surface area contributed by atoms with E-state index in [9.17, 15) is 9.59 Å². The van der Waals surface area contributed by atoms with Crippen molar-refractivity contribution in [3.05, 3.63) is 89.6 Å². The number of aryl methyl sites for hydroxylation is 1. The summed E-state index contributed by atoms with van der Waals surface area (Å²) >= 11 is 0. The van der Waals surface area contributed by atoms with Crippen LogP contribution in [0.3, 0.4) is 0 Å². The largest absolute Gasteiger partial charge is 0.494 e. The Labute approximate surface area is 199 Å². The zero-order chi connectivity index (χ0) is 24.1. The molecule has 0 spiro atoms. The normalized spacial score (nSPS) is 13.4. The van der Waals surface area contributed by atoms with Crippen LogP contribution in [-0.2, 0) is 9.59 Å². The minimum absolute atomic E-state index is 0.234. The molecular weight excluding hydrogens is 428 g/mol. The molecule has 1 N–H and O–H groups in total. The first-order chi connectivity index (χ1) is 16.5. The van der Waals surface area contributed by atoms with Crippen LogP contribution in [0.1, 0.15) is 31.4 Å². The summed E-state index contributed by atoms with van der Waals surface area (Å²) in [6, 6.07) is 21.9. The Kier molecular flexibility index (Phi) is 6.97. The van der Waals surface area contributed by atoms with Gasteiger partial charge < -0.3 is 14.8 Å². The molecule has 3 aromatic carbocycles. The number of ether oxygens (including phenoxy) is 2. The van der Waals surface area contributed by atoms with Crippen molar-refractivity contribution in [1.29, 1.82) is 0 Å². The monoisotopic (exact) mass is 456 g/mol. The van der Waals surface area contributed by atoms with Gasteiger partial charge in [-0.2, -0.15) is 0 Å². The number of benzene rings is 3. The second kappa shape index (κ2) is 10.3. The van der Waals surface area contributed by atoms with Crippen LogP contribution in [0, 0.1) is 6.92 Å². The fourth-order valence-corrected chi connectivity index (χ4v) is 3.80. The van der Waals surface area contributed by atoms with E-state index in [-0.39, 0.29) is 11.6 Å². The first-order valence-corrected chi connectivity index (χ1v) is 11.4. The molecule has 0 unspecified atom stereocenters. The SMILES string of the molecule is CCCOc1ccc(C2=C(Nc3ccc(OCC)cc3)C(=O)N(c3cccc(C)c3)C2=O)cc1. The average Bonchev–Trinajstić information content (AvgIpc) is 3.08. The summed E-state index contributed by atoms with van der Waals surface area (Å²) in [5.41, 5.74) is 3.39. The second-order valence-electron chi connectivity index (χ2n) is 7.99. The second-order valence-corrected chi connectivity index (χ2v) is 7.99. The van der Waals surface area contributed by atoms with Crippen molar-refractivity contribution in [2.24, 2.45) is 0 Å². The van der Waals surface area contributed by atoms with Gasteiger partial charge in [0.15, 0.2) is 0 Å². The maximum Gasteiger partial charge on any atom is 0.282 e. The Morgan fingerprint density at radius 3 is 2.15 bits per heavy atom. The Morgan fingerprint density at radius 1 is 0.824 bits per heavy atom. The Bertz CT molecular complexity index is 1210. The fourth-order valence-electron chi connectivity index (χ4n) is 3.80. The van der Waals surface area contributed by atoms with Crippen molar-refractivity contribution in [1.82, 2.24) is 0 Å². The van der Waals surface area contributed by atoms with Crippen molar-refractivity contribution in [3.63, 3.8) is 0 Å². The number of nitrogens with one attached hydrogen (secondary N) is 1. The predicted octanol–water partition coefficient (Wildman–Crippen LogP) is 5.58. The number of amides is 2. The topological polar surface area (TPSA) is 67.9 Å². The molecule has 4 rings (SSSR count). The van der Waals surface area contributed by atoms with Crippen molar-refractivity contribution in [3.8, 4) is 11.5 Å². The summed E-state index contributed by atoms with van der Waals surface area (Å²) < 4.78 is 11.2. The molecular formula is C28H28N2O4. The minimum Gasteiger partial charge on any atom is -0.494 e. The molecule has 0 saturated carbocycles. The van der Waals surface area contributed by atoms with Crippen LogP contribution in [0.25, 0.3) is 5.57 Å². The van der Waals surface area contributed by atoms with E-state index in [1.54, 1.807) is 6.07 Å². The molecule has 1 heterocycles. The predicted molar refractivity (Wildman–Crippen MR) is 134 cm³/mol. The maximum atomic E-state index is 13.6. The average molecular weight is 457 g/mol. The lowest BCUT2D eigenvalue weighted by molar-refractivity contribution is -0.120. The fraction of sp³-hybridized carbons (Fsp3) is 0.214. The summed E-state index contributed by atoms with van der Waals surface area (Å²) in [6.45, 7) is 7.08. The van der Waals surface area contributed by atoms with Crippen LogP contribution in [-0.4, -0.2) is 25.0 Å². The van der Waals surface area contributed by atoms with Crippen molar-refractivity contribution in [2.75, 3.05) is 23.4 Å². The number of rotatable bonds is 9. The van der Waals surface area contributed by atoms with Gasteiger partial charge in [-0.05, 0) is 79.9 Å². The van der Waals surface area contributed by atoms with Gasteiger partial charge in [-0.3, -0.25) is 9.59 Å². The lowest BCUT2D eigenvalue weighted by Gasteiger charge is -2.16. The van der Waals surface area contributed by atoms with Crippen LogP contribution in [0.2, 0.25) is 0 Å². The van der Waals surface area contributed by atoms with Crippen molar-refractivity contribution >= 4 is 28.8 Å². The van der Waals surface area contributed by atoms with Gasteiger partial charge >= 0.3 is 0 Å². The molecule has 2 amide bonds. The summed E-state index contributed by atoms with van der Waals surface area (Å²) in [4.78, 5) is 28.3. The summed E-state index contributed by atoms with van der Waals surface area (Å²) in [6.07, 6.45) is 0.904. The summed E-state index contributed by atoms with van der Waals surface area (Å²) in [5.74, 6) is 0.691. The molecule has 0 fully saturated rings. The standard InChI is InChI=1S/C28H28N2O4/c1-4-17-34-24-13-9-20(10-14-24)25-26(29-21-11-15-23(16-12-21)33-5-2)28(32)30(27(25)31)22-8-6-7-19(3)18-22/h6-16,18,29H,4-5,17H2,1-3H3. The summed E-state index contributed by atoms with van der Waals surface area (Å²) in [7, 11) is 0. The Hall–Kier alpha value is -4.06. The quantitative estimate of drug-likeness (QED) is 0.426. The number of imide groups is 1. The molecule has 3 aromatic rings. The van der Waals surface area contributed by atoms with Crippen LogP contribution in [0.5, 0.6) is 11.5 Å². The highest BCUT2D eigenvalue weighted by atomic mass is 16.5. The Morgan fingerprint density at radius 2 is 1.50 bits per heavy atom. The molecule has 6 heteroatoms. The molecule has 34 heavy (non-hydrogen) atoms. The van der Waals surface area contributed by atoms with Crippen molar-refractivity contribution < 1.29 is 19.1 Å². The van der Waals surface area contributed by atoms with E-state index >= 15 is 0 Å². The highest BCUT2D eigenvalue weighted by Gasteiger charge is 2.40. The van der Waals surface area contributed by atoms with Gasteiger partial charge in [0.05, 0.1) is 24.5 Å². The maximum absolute atomic E-state index is 13.6. The zero-order valence-electron chi connectivity index (χ0n) is 19.6. The highest BCUT2D eigenvalue weighted by molar-refractivity contribution is 6.46. The number of carbonyl (C=O) groups is 2. The number of hydrogen-bond donors (Lipinski definition) is 1. The van der Waals surface area contributed by atoms with E-state index in [0.29, 0.717) is 35.7 Å². The molecule has 0 aliphatic carbocycles. The third-order valence-electron chi connectivity index (χ3n) is 5.39. The summed E-state index contributed by atoms with van der Waals surface area (Å²) in [5, 5.41) is 3.18. The van der Waals surface area contributed by atoms with Gasteiger partial charge in [-0.1, -0.05) is 31.2 Å². The lowest BCUT2D eigenvalue weighted by Crippen LogP contribution is -2.32. The van der Waals surface area contributed by atoms with Crippen LogP contribution >= 0.6 is 0 Å². The Balaban J connectivity index is 1.73. The third kappa shape index (κ3) is 4.81. The van der Waals surface area contributed by atoms with Gasteiger partial charge in [-0.25, -0.2) is 4.90 Å². The molecule has 1 aliphatic heterocycles. The van der Waals surface area contributed by atoms with Gasteiger partial charge in [0, 0.05) is 5.69 Å². The van der Waals surface area contributed by atoms with Crippen LogP contribution in [0.15, 0.2) is 78.5 Å². The number of anilines is 2. The molecule has 0 aromatic heterocycles. The molecule has 0 saturated heterocycles. The highest BCUT2D eigenvalue weighted by Crippen LogP contribution is 2.35. The minimum atomic E-state index is -0.397. The number of nitrogens with zero attached hydrogens (tertiary/aromatic N) is 1. The number of hydrogen-bond acceptors (Lipinski definition) is 5. The van der Waals surface area contributed by atoms with Gasteiger partial charge in [0.2, 0.25) is 0 Å². The van der Waals surface area contributed by atoms with Crippen LogP contribution in [0.4, 0.5) is 11.4 Å². The van der Waals surface area contributed by atoms with Gasteiger partial charge in [-0.15, -0.1) is 0 Å².